The van der Waals surface area contributed by atoms with Crippen molar-refractivity contribution in [3.63, 3.8) is 0 Å². The lowest BCUT2D eigenvalue weighted by Crippen LogP contribution is -2.37. The van der Waals surface area contributed by atoms with Crippen molar-refractivity contribution in [2.45, 2.75) is 40.5 Å². The van der Waals surface area contributed by atoms with Crippen LogP contribution in [0.4, 0.5) is 5.69 Å². The van der Waals surface area contributed by atoms with Gasteiger partial charge in [-0.1, -0.05) is 6.92 Å². The van der Waals surface area contributed by atoms with Gasteiger partial charge in [-0.2, -0.15) is 0 Å². The van der Waals surface area contributed by atoms with Crippen molar-refractivity contribution in [3.8, 4) is 0 Å². The number of rotatable bonds is 8. The third-order valence-electron chi connectivity index (χ3n) is 4.74. The first-order valence-electron chi connectivity index (χ1n) is 9.49. The lowest BCUT2D eigenvalue weighted by molar-refractivity contribution is -0.117. The molecule has 30 heavy (non-hydrogen) atoms. The van der Waals surface area contributed by atoms with E-state index in [1.54, 1.807) is 6.92 Å². The van der Waals surface area contributed by atoms with Crippen LogP contribution in [-0.4, -0.2) is 51.3 Å². The predicted molar refractivity (Wildman–Crippen MR) is 115 cm³/mol. The topological polar surface area (TPSA) is 120 Å². The van der Waals surface area contributed by atoms with Gasteiger partial charge in [0.1, 0.15) is 0 Å². The van der Waals surface area contributed by atoms with Crippen molar-refractivity contribution in [3.05, 3.63) is 29.5 Å². The molecule has 0 atom stereocenters. The molecule has 0 saturated carbocycles. The minimum atomic E-state index is -3.94. The molecular formula is C19H26N2O7S2. The molecule has 2 rings (SSSR count). The van der Waals surface area contributed by atoms with E-state index in [0.717, 1.165) is 8.28 Å². The number of fused-ring (bicyclic) bond motifs is 1. The number of methoxy groups -OCH3 is 1. The predicted octanol–water partition coefficient (Wildman–Crippen LogP) is 2.42. The molecule has 0 aliphatic heterocycles. The summed E-state index contributed by atoms with van der Waals surface area (Å²) in [6, 6.07) is 4.11. The van der Waals surface area contributed by atoms with Gasteiger partial charge in [-0.15, -0.1) is 0 Å². The van der Waals surface area contributed by atoms with Crippen molar-refractivity contribution in [2.24, 2.45) is 0 Å². The van der Waals surface area contributed by atoms with Crippen LogP contribution in [0.3, 0.4) is 0 Å². The molecule has 11 heteroatoms. The van der Waals surface area contributed by atoms with Gasteiger partial charge in [0.2, 0.25) is 26.0 Å². The molecule has 9 nitrogen and oxygen atoms in total. The number of esters is 1. The van der Waals surface area contributed by atoms with Crippen LogP contribution in [0.2, 0.25) is 0 Å². The zero-order valence-electron chi connectivity index (χ0n) is 17.6. The van der Waals surface area contributed by atoms with E-state index >= 15 is 0 Å². The van der Waals surface area contributed by atoms with Crippen molar-refractivity contribution in [2.75, 3.05) is 22.9 Å². The van der Waals surface area contributed by atoms with E-state index in [1.807, 2.05) is 0 Å². The number of anilines is 1. The van der Waals surface area contributed by atoms with Crippen LogP contribution in [0.5, 0.6) is 0 Å². The SMILES string of the molecule is CCCC(=O)N(c1ccc2c(c1)c(C(=O)OC)c(C)n2S(=O)(=O)CC)S(=O)(=O)CC. The van der Waals surface area contributed by atoms with Gasteiger partial charge in [-0.05, 0) is 45.4 Å². The first kappa shape index (κ1) is 23.9. The molecule has 0 bridgehead atoms. The molecule has 1 amide bonds. The average Bonchev–Trinajstić information content (AvgIpc) is 2.99. The quantitative estimate of drug-likeness (QED) is 0.557. The summed E-state index contributed by atoms with van der Waals surface area (Å²) in [5.41, 5.74) is 0.401. The molecule has 0 aliphatic carbocycles. The highest BCUT2D eigenvalue weighted by Crippen LogP contribution is 2.33. The van der Waals surface area contributed by atoms with Gasteiger partial charge in [0.25, 0.3) is 0 Å². The van der Waals surface area contributed by atoms with Gasteiger partial charge in [-0.25, -0.2) is 29.9 Å². The second kappa shape index (κ2) is 8.76. The van der Waals surface area contributed by atoms with Crippen LogP contribution in [0, 0.1) is 6.92 Å². The Hall–Kier alpha value is -2.40. The molecule has 0 N–H and O–H groups in total. The maximum Gasteiger partial charge on any atom is 0.340 e. The molecule has 1 aromatic carbocycles. The van der Waals surface area contributed by atoms with Crippen LogP contribution in [0.15, 0.2) is 18.2 Å². The summed E-state index contributed by atoms with van der Waals surface area (Å²) in [6.45, 7) is 6.13. The first-order valence-corrected chi connectivity index (χ1v) is 12.7. The number of benzene rings is 1. The average molecular weight is 459 g/mol. The number of ether oxygens (including phenoxy) is 1. The highest BCUT2D eigenvalue weighted by atomic mass is 32.2. The van der Waals surface area contributed by atoms with E-state index in [-0.39, 0.29) is 45.8 Å². The number of aromatic nitrogens is 1. The Balaban J connectivity index is 2.92. The molecule has 0 unspecified atom stereocenters. The normalized spacial score (nSPS) is 12.2. The largest absolute Gasteiger partial charge is 0.465 e. The fourth-order valence-corrected chi connectivity index (χ4v) is 5.58. The van der Waals surface area contributed by atoms with Crippen molar-refractivity contribution in [1.29, 1.82) is 0 Å². The maximum absolute atomic E-state index is 12.6. The van der Waals surface area contributed by atoms with Crippen LogP contribution in [0.25, 0.3) is 10.9 Å². The van der Waals surface area contributed by atoms with Gasteiger partial charge < -0.3 is 4.74 Å². The number of hydrogen-bond donors (Lipinski definition) is 0. The lowest BCUT2D eigenvalue weighted by Gasteiger charge is -2.22. The monoisotopic (exact) mass is 458 g/mol. The number of sulfonamides is 1. The summed E-state index contributed by atoms with van der Waals surface area (Å²) in [5.74, 6) is -1.86. The molecule has 2 aromatic rings. The van der Waals surface area contributed by atoms with Crippen LogP contribution in [-0.2, 0) is 29.6 Å². The van der Waals surface area contributed by atoms with Gasteiger partial charge in [-0.3, -0.25) is 4.79 Å². The second-order valence-electron chi connectivity index (χ2n) is 6.63. The molecule has 166 valence electrons. The third kappa shape index (κ3) is 4.08. The number of hydrogen-bond acceptors (Lipinski definition) is 7. The summed E-state index contributed by atoms with van der Waals surface area (Å²) >= 11 is 0. The maximum atomic E-state index is 12.6. The summed E-state index contributed by atoms with van der Waals surface area (Å²) in [5, 5.41) is 0.189. The number of amides is 1. The minimum absolute atomic E-state index is 0.00293. The molecule has 0 fully saturated rings. The highest BCUT2D eigenvalue weighted by molar-refractivity contribution is 7.93. The third-order valence-corrected chi connectivity index (χ3v) is 8.19. The standard InChI is InChI=1S/C19H26N2O7S2/c1-6-9-17(22)21(30(26,27)8-3)14-10-11-16-15(12-14)18(19(23)28-5)13(4)20(16)29(24,25)7-2/h10-12H,6-9H2,1-5H3. The Kier molecular flexibility index (Phi) is 6.97. The van der Waals surface area contributed by atoms with Crippen molar-refractivity contribution < 1.29 is 31.2 Å². The first-order chi connectivity index (χ1) is 14.0. The van der Waals surface area contributed by atoms with Crippen molar-refractivity contribution in [1.82, 2.24) is 3.97 Å². The van der Waals surface area contributed by atoms with Gasteiger partial charge in [0.05, 0.1) is 35.4 Å². The van der Waals surface area contributed by atoms with E-state index < -0.39 is 31.9 Å². The summed E-state index contributed by atoms with van der Waals surface area (Å²) in [6.07, 6.45) is 0.472. The van der Waals surface area contributed by atoms with Crippen molar-refractivity contribution >= 4 is 48.5 Å². The Morgan fingerprint density at radius 1 is 1.07 bits per heavy atom. The summed E-state index contributed by atoms with van der Waals surface area (Å²) in [4.78, 5) is 25.0. The minimum Gasteiger partial charge on any atom is -0.465 e. The van der Waals surface area contributed by atoms with E-state index in [0.29, 0.717) is 6.42 Å². The van der Waals surface area contributed by atoms with E-state index in [9.17, 15) is 26.4 Å². The van der Waals surface area contributed by atoms with E-state index in [4.69, 9.17) is 4.74 Å². The Labute approximate surface area is 176 Å². The molecular weight excluding hydrogens is 432 g/mol. The molecule has 0 radical (unpaired) electrons. The Bertz CT molecular complexity index is 1200. The van der Waals surface area contributed by atoms with Gasteiger partial charge >= 0.3 is 5.97 Å². The number of carbonyl (C=O) groups is 2. The molecule has 0 aliphatic rings. The number of carbonyl (C=O) groups excluding carboxylic acids is 2. The van der Waals surface area contributed by atoms with E-state index in [2.05, 4.69) is 0 Å². The summed E-state index contributed by atoms with van der Waals surface area (Å²) < 4.78 is 57.1. The molecule has 1 heterocycles. The van der Waals surface area contributed by atoms with E-state index in [1.165, 1.54) is 46.1 Å². The van der Waals surface area contributed by atoms with Gasteiger partial charge in [0.15, 0.2) is 0 Å². The van der Waals surface area contributed by atoms with Crippen LogP contribution >= 0.6 is 0 Å². The summed E-state index contributed by atoms with van der Waals surface area (Å²) in [7, 11) is -6.52. The fraction of sp³-hybridized carbons (Fsp3) is 0.474. The highest BCUT2D eigenvalue weighted by Gasteiger charge is 2.30. The zero-order chi connectivity index (χ0) is 22.9. The molecule has 0 saturated heterocycles. The second-order valence-corrected chi connectivity index (χ2v) is 10.8. The zero-order valence-corrected chi connectivity index (χ0v) is 19.3. The van der Waals surface area contributed by atoms with Gasteiger partial charge in [0, 0.05) is 17.5 Å². The molecule has 0 spiro atoms. The number of nitrogens with zero attached hydrogens (tertiary/aromatic N) is 2. The Morgan fingerprint density at radius 3 is 2.20 bits per heavy atom. The molecule has 1 aromatic heterocycles. The smallest absolute Gasteiger partial charge is 0.340 e. The van der Waals surface area contributed by atoms with Crippen LogP contribution < -0.4 is 4.31 Å². The van der Waals surface area contributed by atoms with Crippen LogP contribution in [0.1, 0.15) is 49.7 Å². The fourth-order valence-electron chi connectivity index (χ4n) is 3.26. The lowest BCUT2D eigenvalue weighted by atomic mass is 10.1. The Morgan fingerprint density at radius 2 is 1.70 bits per heavy atom.